The Balaban J connectivity index is 0.00000480. The van der Waals surface area contributed by atoms with Crippen molar-refractivity contribution in [3.63, 3.8) is 0 Å². The standard InChI is InChI=1S/C22H39N7S.HI/c1-7-19(20-10-9-15-30-20)26-22(24-12-14-29(17(3)4)18(5)6)23-11-13-28-16-25-27-21(28)8-2;/h9-10,15-19H,7-8,11-14H2,1-6H3,(H2,23,24,26);1H. The van der Waals surface area contributed by atoms with Gasteiger partial charge in [-0.3, -0.25) is 9.89 Å². The van der Waals surface area contributed by atoms with Crippen LogP contribution in [0.4, 0.5) is 0 Å². The Morgan fingerprint density at radius 3 is 2.55 bits per heavy atom. The summed E-state index contributed by atoms with van der Waals surface area (Å²) in [6, 6.07) is 5.59. The molecule has 0 spiro atoms. The highest BCUT2D eigenvalue weighted by molar-refractivity contribution is 14.0. The number of aromatic nitrogens is 3. The summed E-state index contributed by atoms with van der Waals surface area (Å²) in [6.07, 6.45) is 3.70. The molecule has 0 aliphatic rings. The lowest BCUT2D eigenvalue weighted by atomic mass is 10.2. The SMILES string of the molecule is CCc1nncn1CCNC(=NCCN(C(C)C)C(C)C)NC(CC)c1cccs1.I. The molecule has 31 heavy (non-hydrogen) atoms. The Morgan fingerprint density at radius 2 is 1.97 bits per heavy atom. The van der Waals surface area contributed by atoms with E-state index in [0.717, 1.165) is 50.8 Å². The van der Waals surface area contributed by atoms with Gasteiger partial charge in [-0.15, -0.1) is 45.5 Å². The largest absolute Gasteiger partial charge is 0.355 e. The van der Waals surface area contributed by atoms with E-state index in [-0.39, 0.29) is 30.0 Å². The average molecular weight is 562 g/mol. The molecule has 7 nitrogen and oxygen atoms in total. The molecule has 0 bridgehead atoms. The van der Waals surface area contributed by atoms with Crippen LogP contribution in [0.3, 0.4) is 0 Å². The zero-order valence-electron chi connectivity index (χ0n) is 19.8. The Bertz CT molecular complexity index is 735. The molecule has 1 unspecified atom stereocenters. The van der Waals surface area contributed by atoms with Crippen molar-refractivity contribution in [1.29, 1.82) is 0 Å². The second kappa shape index (κ2) is 14.8. The van der Waals surface area contributed by atoms with Gasteiger partial charge in [0.2, 0.25) is 0 Å². The number of nitrogens with zero attached hydrogens (tertiary/aromatic N) is 5. The molecule has 9 heteroatoms. The Hall–Kier alpha value is -1.20. The molecule has 0 aliphatic carbocycles. The molecule has 2 N–H and O–H groups in total. The minimum atomic E-state index is 0. The number of hydrogen-bond acceptors (Lipinski definition) is 5. The van der Waals surface area contributed by atoms with Gasteiger partial charge in [0.15, 0.2) is 5.96 Å². The third-order valence-corrected chi connectivity index (χ3v) is 6.20. The van der Waals surface area contributed by atoms with Crippen LogP contribution < -0.4 is 10.6 Å². The van der Waals surface area contributed by atoms with Crippen molar-refractivity contribution in [3.05, 3.63) is 34.5 Å². The van der Waals surface area contributed by atoms with E-state index in [1.54, 1.807) is 17.7 Å². The van der Waals surface area contributed by atoms with Crippen LogP contribution in [-0.4, -0.2) is 57.3 Å². The fraction of sp³-hybridized carbons (Fsp3) is 0.682. The predicted octanol–water partition coefficient (Wildman–Crippen LogP) is 4.33. The number of rotatable bonds is 12. The minimum Gasteiger partial charge on any atom is -0.355 e. The van der Waals surface area contributed by atoms with E-state index in [1.807, 2.05) is 0 Å². The molecule has 0 aromatic carbocycles. The quantitative estimate of drug-likeness (QED) is 0.230. The van der Waals surface area contributed by atoms with Crippen LogP contribution in [0, 0.1) is 0 Å². The highest BCUT2D eigenvalue weighted by atomic mass is 127. The summed E-state index contributed by atoms with van der Waals surface area (Å²) < 4.78 is 2.10. The van der Waals surface area contributed by atoms with Crippen LogP contribution in [0.2, 0.25) is 0 Å². The first-order chi connectivity index (χ1) is 14.5. The molecule has 0 saturated heterocycles. The summed E-state index contributed by atoms with van der Waals surface area (Å²) in [5, 5.41) is 17.5. The van der Waals surface area contributed by atoms with E-state index in [2.05, 4.69) is 89.4 Å². The van der Waals surface area contributed by atoms with Crippen molar-refractivity contribution >= 4 is 41.3 Å². The van der Waals surface area contributed by atoms with Crippen LogP contribution in [0.15, 0.2) is 28.8 Å². The van der Waals surface area contributed by atoms with Crippen LogP contribution in [0.5, 0.6) is 0 Å². The fourth-order valence-electron chi connectivity index (χ4n) is 3.61. The molecule has 0 fully saturated rings. The van der Waals surface area contributed by atoms with Crippen LogP contribution in [0.1, 0.15) is 64.7 Å². The predicted molar refractivity (Wildman–Crippen MR) is 143 cm³/mol. The molecule has 176 valence electrons. The molecule has 0 amide bonds. The Labute approximate surface area is 209 Å². The van der Waals surface area contributed by atoms with E-state index in [4.69, 9.17) is 4.99 Å². The number of thiophene rings is 1. The summed E-state index contributed by atoms with van der Waals surface area (Å²) in [5.74, 6) is 1.88. The lowest BCUT2D eigenvalue weighted by molar-refractivity contribution is 0.181. The van der Waals surface area contributed by atoms with Gasteiger partial charge in [0.25, 0.3) is 0 Å². The van der Waals surface area contributed by atoms with E-state index < -0.39 is 0 Å². The molecule has 2 heterocycles. The molecular formula is C22H40IN7S. The molecule has 2 rings (SSSR count). The van der Waals surface area contributed by atoms with Gasteiger partial charge in [-0.2, -0.15) is 0 Å². The van der Waals surface area contributed by atoms with Gasteiger partial charge in [-0.25, -0.2) is 0 Å². The van der Waals surface area contributed by atoms with Gasteiger partial charge >= 0.3 is 0 Å². The van der Waals surface area contributed by atoms with Gasteiger partial charge in [-0.05, 0) is 45.6 Å². The zero-order valence-corrected chi connectivity index (χ0v) is 23.0. The van der Waals surface area contributed by atoms with Crippen LogP contribution in [0.25, 0.3) is 0 Å². The van der Waals surface area contributed by atoms with Gasteiger partial charge in [0.05, 0.1) is 12.6 Å². The number of guanidine groups is 1. The van der Waals surface area contributed by atoms with Crippen LogP contribution in [-0.2, 0) is 13.0 Å². The second-order valence-corrected chi connectivity index (χ2v) is 8.98. The van der Waals surface area contributed by atoms with Crippen molar-refractivity contribution < 1.29 is 0 Å². The van der Waals surface area contributed by atoms with Crippen LogP contribution >= 0.6 is 35.3 Å². The highest BCUT2D eigenvalue weighted by Crippen LogP contribution is 2.21. The summed E-state index contributed by atoms with van der Waals surface area (Å²) in [4.78, 5) is 8.72. The van der Waals surface area contributed by atoms with Crippen molar-refractivity contribution in [2.75, 3.05) is 19.6 Å². The Morgan fingerprint density at radius 1 is 1.23 bits per heavy atom. The number of halogens is 1. The van der Waals surface area contributed by atoms with E-state index in [9.17, 15) is 0 Å². The average Bonchev–Trinajstić information content (AvgIpc) is 3.39. The maximum atomic E-state index is 4.90. The van der Waals surface area contributed by atoms with Crippen molar-refractivity contribution in [1.82, 2.24) is 30.3 Å². The molecule has 1 atom stereocenters. The molecule has 0 aliphatic heterocycles. The molecule has 0 saturated carbocycles. The molecule has 0 radical (unpaired) electrons. The van der Waals surface area contributed by atoms with Gasteiger partial charge in [0.1, 0.15) is 12.2 Å². The normalized spacial score (nSPS) is 13.0. The van der Waals surface area contributed by atoms with Gasteiger partial charge in [-0.1, -0.05) is 19.9 Å². The summed E-state index contributed by atoms with van der Waals surface area (Å²) in [5.41, 5.74) is 0. The summed E-state index contributed by atoms with van der Waals surface area (Å²) in [6.45, 7) is 16.6. The Kier molecular flexibility index (Phi) is 13.3. The van der Waals surface area contributed by atoms with E-state index in [1.165, 1.54) is 4.88 Å². The first kappa shape index (κ1) is 27.8. The second-order valence-electron chi connectivity index (χ2n) is 8.00. The molecular weight excluding hydrogens is 521 g/mol. The monoisotopic (exact) mass is 561 g/mol. The fourth-order valence-corrected chi connectivity index (χ4v) is 4.47. The number of hydrogen-bond donors (Lipinski definition) is 2. The summed E-state index contributed by atoms with van der Waals surface area (Å²) in [7, 11) is 0. The maximum absolute atomic E-state index is 4.90. The molecule has 2 aromatic rings. The topological polar surface area (TPSA) is 70.4 Å². The summed E-state index contributed by atoms with van der Waals surface area (Å²) >= 11 is 1.79. The minimum absolute atomic E-state index is 0. The van der Waals surface area contributed by atoms with Crippen molar-refractivity contribution in [3.8, 4) is 0 Å². The molecule has 2 aromatic heterocycles. The number of aliphatic imine (C=N–C) groups is 1. The lowest BCUT2D eigenvalue weighted by Crippen LogP contribution is -2.42. The number of nitrogens with one attached hydrogen (secondary N) is 2. The number of aryl methyl sites for hydroxylation is 1. The smallest absolute Gasteiger partial charge is 0.191 e. The van der Waals surface area contributed by atoms with Gasteiger partial charge in [0, 0.05) is 43.0 Å². The maximum Gasteiger partial charge on any atom is 0.191 e. The third kappa shape index (κ3) is 9.05. The lowest BCUT2D eigenvalue weighted by Gasteiger charge is -2.30. The van der Waals surface area contributed by atoms with Gasteiger partial charge < -0.3 is 15.2 Å². The first-order valence-corrected chi connectivity index (χ1v) is 12.0. The third-order valence-electron chi connectivity index (χ3n) is 5.22. The van der Waals surface area contributed by atoms with E-state index in [0.29, 0.717) is 12.1 Å². The van der Waals surface area contributed by atoms with Crippen molar-refractivity contribution in [2.45, 2.75) is 79.1 Å². The van der Waals surface area contributed by atoms with Crippen molar-refractivity contribution in [2.24, 2.45) is 4.99 Å². The first-order valence-electron chi connectivity index (χ1n) is 11.2. The zero-order chi connectivity index (χ0) is 21.9. The highest BCUT2D eigenvalue weighted by Gasteiger charge is 2.14. The van der Waals surface area contributed by atoms with E-state index >= 15 is 0 Å².